The third-order valence-electron chi connectivity index (χ3n) is 4.10. The highest BCUT2D eigenvalue weighted by Gasteiger charge is 2.57. The second-order valence-electron chi connectivity index (χ2n) is 6.14. The van der Waals surface area contributed by atoms with Crippen LogP contribution in [0.1, 0.15) is 39.2 Å². The Morgan fingerprint density at radius 2 is 1.89 bits per heavy atom. The van der Waals surface area contributed by atoms with E-state index in [1.165, 1.54) is 5.56 Å². The summed E-state index contributed by atoms with van der Waals surface area (Å²) in [6, 6.07) is 6.57. The molecule has 0 aliphatic heterocycles. The smallest absolute Gasteiger partial charge is 0.0595 e. The number of benzene rings is 1. The van der Waals surface area contributed by atoms with Crippen LogP contribution in [0.25, 0.3) is 0 Å². The Balaban J connectivity index is 2.11. The highest BCUT2D eigenvalue weighted by molar-refractivity contribution is 6.42. The van der Waals surface area contributed by atoms with Gasteiger partial charge >= 0.3 is 0 Å². The molecule has 0 saturated heterocycles. The van der Waals surface area contributed by atoms with Crippen molar-refractivity contribution in [3.05, 3.63) is 33.8 Å². The van der Waals surface area contributed by atoms with Crippen LogP contribution < -0.4 is 5.32 Å². The lowest BCUT2D eigenvalue weighted by Crippen LogP contribution is -2.26. The van der Waals surface area contributed by atoms with E-state index in [2.05, 4.69) is 39.1 Å². The van der Waals surface area contributed by atoms with Gasteiger partial charge in [0, 0.05) is 6.04 Å². The molecule has 0 radical (unpaired) electrons. The van der Waals surface area contributed by atoms with Gasteiger partial charge in [-0.2, -0.15) is 0 Å². The van der Waals surface area contributed by atoms with Crippen LogP contribution in [0.15, 0.2) is 18.2 Å². The molecule has 2 unspecified atom stereocenters. The first-order valence-corrected chi connectivity index (χ1v) is 7.28. The van der Waals surface area contributed by atoms with Gasteiger partial charge in [0.1, 0.15) is 0 Å². The van der Waals surface area contributed by atoms with Crippen LogP contribution in [0.5, 0.6) is 0 Å². The topological polar surface area (TPSA) is 12.0 Å². The van der Waals surface area contributed by atoms with E-state index < -0.39 is 0 Å². The Morgan fingerprint density at radius 3 is 2.44 bits per heavy atom. The van der Waals surface area contributed by atoms with Crippen molar-refractivity contribution in [1.29, 1.82) is 0 Å². The first-order chi connectivity index (χ1) is 8.34. The van der Waals surface area contributed by atoms with Crippen LogP contribution >= 0.6 is 23.2 Å². The third kappa shape index (κ3) is 2.68. The summed E-state index contributed by atoms with van der Waals surface area (Å²) in [5.74, 6) is 1.26. The highest BCUT2D eigenvalue weighted by atomic mass is 35.5. The van der Waals surface area contributed by atoms with Gasteiger partial charge in [-0.1, -0.05) is 57.0 Å². The van der Waals surface area contributed by atoms with Crippen LogP contribution in [0.2, 0.25) is 10.0 Å². The molecule has 1 saturated carbocycles. The average molecular weight is 286 g/mol. The largest absolute Gasteiger partial charge is 0.314 e. The number of halogens is 2. The predicted octanol–water partition coefficient (Wildman–Crippen LogP) is 4.73. The van der Waals surface area contributed by atoms with Crippen LogP contribution in [0.3, 0.4) is 0 Å². The fraction of sp³-hybridized carbons (Fsp3) is 0.600. The van der Waals surface area contributed by atoms with E-state index in [-0.39, 0.29) is 0 Å². The molecule has 1 aromatic carbocycles. The van der Waals surface area contributed by atoms with Gasteiger partial charge in [0.15, 0.2) is 0 Å². The van der Waals surface area contributed by atoms with Crippen molar-refractivity contribution in [3.63, 3.8) is 0 Å². The van der Waals surface area contributed by atoms with Crippen LogP contribution in [-0.4, -0.2) is 12.6 Å². The minimum Gasteiger partial charge on any atom is -0.314 e. The van der Waals surface area contributed by atoms with Crippen molar-refractivity contribution in [1.82, 2.24) is 5.32 Å². The molecular formula is C15H21Cl2N. The minimum absolute atomic E-state index is 0.346. The van der Waals surface area contributed by atoms with Crippen molar-refractivity contribution in [2.45, 2.75) is 39.7 Å². The van der Waals surface area contributed by atoms with E-state index in [1.807, 2.05) is 12.1 Å². The lowest BCUT2D eigenvalue weighted by atomic mass is 10.0. The second kappa shape index (κ2) is 5.03. The van der Waals surface area contributed by atoms with Gasteiger partial charge in [-0.15, -0.1) is 0 Å². The molecule has 2 rings (SSSR count). The van der Waals surface area contributed by atoms with E-state index >= 15 is 0 Å². The Hall–Kier alpha value is -0.240. The zero-order valence-corrected chi connectivity index (χ0v) is 12.9. The summed E-state index contributed by atoms with van der Waals surface area (Å²) >= 11 is 12.1. The van der Waals surface area contributed by atoms with E-state index in [9.17, 15) is 0 Å². The fourth-order valence-corrected chi connectivity index (χ4v) is 3.16. The Morgan fingerprint density at radius 1 is 1.22 bits per heavy atom. The summed E-state index contributed by atoms with van der Waals surface area (Å²) in [4.78, 5) is 0. The molecule has 3 heteroatoms. The molecule has 1 aromatic rings. The summed E-state index contributed by atoms with van der Waals surface area (Å²) < 4.78 is 0. The van der Waals surface area contributed by atoms with Crippen molar-refractivity contribution < 1.29 is 0 Å². The van der Waals surface area contributed by atoms with Crippen molar-refractivity contribution >= 4 is 23.2 Å². The lowest BCUT2D eigenvalue weighted by Gasteiger charge is -2.08. The van der Waals surface area contributed by atoms with E-state index in [0.717, 1.165) is 6.54 Å². The molecular weight excluding hydrogens is 265 g/mol. The molecule has 1 nitrogen and oxygen atoms in total. The summed E-state index contributed by atoms with van der Waals surface area (Å²) in [7, 11) is 0. The predicted molar refractivity (Wildman–Crippen MR) is 79.6 cm³/mol. The normalized spacial score (nSPS) is 25.5. The third-order valence-corrected chi connectivity index (χ3v) is 4.84. The quantitative estimate of drug-likeness (QED) is 0.843. The van der Waals surface area contributed by atoms with Crippen LogP contribution in [0, 0.1) is 11.3 Å². The number of hydrogen-bond donors (Lipinski definition) is 1. The van der Waals surface area contributed by atoms with Gasteiger partial charge in [-0.05, 0) is 41.5 Å². The lowest BCUT2D eigenvalue weighted by molar-refractivity contribution is 0.491. The molecule has 1 N–H and O–H groups in total. The van der Waals surface area contributed by atoms with Crippen molar-refractivity contribution in [2.75, 3.05) is 6.54 Å². The average Bonchev–Trinajstić information content (AvgIpc) is 2.82. The summed E-state index contributed by atoms with van der Waals surface area (Å²) in [5.41, 5.74) is 1.66. The van der Waals surface area contributed by atoms with Gasteiger partial charge in [0.25, 0.3) is 0 Å². The van der Waals surface area contributed by atoms with E-state index in [1.54, 1.807) is 0 Å². The fourth-order valence-electron chi connectivity index (χ4n) is 2.86. The van der Waals surface area contributed by atoms with Gasteiger partial charge in [-0.25, -0.2) is 0 Å². The first kappa shape index (κ1) is 14.2. The maximum atomic E-state index is 6.11. The molecule has 1 aliphatic rings. The van der Waals surface area contributed by atoms with E-state index in [0.29, 0.717) is 33.3 Å². The highest BCUT2D eigenvalue weighted by Crippen LogP contribution is 2.64. The molecule has 0 bridgehead atoms. The van der Waals surface area contributed by atoms with Crippen molar-refractivity contribution in [3.8, 4) is 0 Å². The SMILES string of the molecule is CC(C)NCC1C(c2ccc(Cl)c(Cl)c2)C1(C)C. The Labute approximate surface area is 120 Å². The number of hydrogen-bond acceptors (Lipinski definition) is 1. The molecule has 0 spiro atoms. The van der Waals surface area contributed by atoms with Gasteiger partial charge in [0.05, 0.1) is 10.0 Å². The molecule has 1 aliphatic carbocycles. The maximum Gasteiger partial charge on any atom is 0.0595 e. The van der Waals surface area contributed by atoms with Gasteiger partial charge in [-0.3, -0.25) is 0 Å². The number of rotatable bonds is 4. The summed E-state index contributed by atoms with van der Waals surface area (Å²) in [6.45, 7) is 10.1. The molecule has 0 aromatic heterocycles. The molecule has 0 heterocycles. The molecule has 1 fully saturated rings. The van der Waals surface area contributed by atoms with Gasteiger partial charge < -0.3 is 5.32 Å². The number of nitrogens with one attached hydrogen (secondary N) is 1. The molecule has 18 heavy (non-hydrogen) atoms. The summed E-state index contributed by atoms with van der Waals surface area (Å²) in [5, 5.41) is 4.82. The second-order valence-corrected chi connectivity index (χ2v) is 6.96. The Kier molecular flexibility index (Phi) is 3.96. The molecule has 0 amide bonds. The van der Waals surface area contributed by atoms with Crippen LogP contribution in [-0.2, 0) is 0 Å². The van der Waals surface area contributed by atoms with Gasteiger partial charge in [0.2, 0.25) is 0 Å². The zero-order chi connectivity index (χ0) is 13.5. The standard InChI is InChI=1S/C15H21Cl2N/c1-9(2)18-8-11-14(15(11,3)4)10-5-6-12(16)13(17)7-10/h5-7,9,11,14,18H,8H2,1-4H3. The molecule has 100 valence electrons. The summed E-state index contributed by atoms with van der Waals surface area (Å²) in [6.07, 6.45) is 0. The van der Waals surface area contributed by atoms with Crippen LogP contribution in [0.4, 0.5) is 0 Å². The maximum absolute atomic E-state index is 6.11. The van der Waals surface area contributed by atoms with Crippen molar-refractivity contribution in [2.24, 2.45) is 11.3 Å². The molecule has 2 atom stereocenters. The minimum atomic E-state index is 0.346. The van der Waals surface area contributed by atoms with E-state index in [4.69, 9.17) is 23.2 Å². The first-order valence-electron chi connectivity index (χ1n) is 6.52. The Bertz CT molecular complexity index is 440. The zero-order valence-electron chi connectivity index (χ0n) is 11.4. The monoisotopic (exact) mass is 285 g/mol.